The molecule has 44 heavy (non-hydrogen) atoms. The minimum Gasteiger partial charge on any atom is -0.488 e. The molecule has 0 aliphatic rings. The summed E-state index contributed by atoms with van der Waals surface area (Å²) < 4.78 is 24.2. The van der Waals surface area contributed by atoms with Crippen molar-refractivity contribution in [3.8, 4) is 23.0 Å². The third-order valence-corrected chi connectivity index (χ3v) is 6.74. The molecule has 8 heteroatoms. The molecule has 5 aromatic carbocycles. The molecule has 222 valence electrons. The Morgan fingerprint density at radius 1 is 0.455 bits per heavy atom. The van der Waals surface area contributed by atoms with Crippen molar-refractivity contribution >= 4 is 11.9 Å². The molecule has 0 aliphatic heterocycles. The van der Waals surface area contributed by atoms with E-state index in [2.05, 4.69) is 0 Å². The van der Waals surface area contributed by atoms with Crippen molar-refractivity contribution in [3.05, 3.63) is 155 Å². The van der Waals surface area contributed by atoms with Crippen molar-refractivity contribution in [3.63, 3.8) is 0 Å². The summed E-state index contributed by atoms with van der Waals surface area (Å²) in [7, 11) is 0. The zero-order chi connectivity index (χ0) is 30.7. The molecule has 0 atom stereocenters. The number of aromatic carboxylic acids is 2. The molecule has 0 bridgehead atoms. The van der Waals surface area contributed by atoms with Crippen LogP contribution in [0.2, 0.25) is 0 Å². The summed E-state index contributed by atoms with van der Waals surface area (Å²) in [6.45, 7) is 0.603. The molecule has 0 saturated carbocycles. The number of hydrogen-bond acceptors (Lipinski definition) is 6. The zero-order valence-electron chi connectivity index (χ0n) is 23.7. The van der Waals surface area contributed by atoms with E-state index in [0.29, 0.717) is 35.8 Å². The maximum atomic E-state index is 12.3. The molecule has 0 heterocycles. The molecule has 0 spiro atoms. The lowest BCUT2D eigenvalue weighted by atomic mass is 10.1. The summed E-state index contributed by atoms with van der Waals surface area (Å²) >= 11 is 0. The molecule has 0 fully saturated rings. The summed E-state index contributed by atoms with van der Waals surface area (Å²) in [6.07, 6.45) is 0. The number of hydrogen-bond donors (Lipinski definition) is 2. The van der Waals surface area contributed by atoms with Crippen LogP contribution in [0.25, 0.3) is 0 Å². The Bertz CT molecular complexity index is 1720. The largest absolute Gasteiger partial charge is 0.488 e. The number of rotatable bonds is 14. The Labute approximate surface area is 254 Å². The Morgan fingerprint density at radius 3 is 1.41 bits per heavy atom. The average molecular weight is 591 g/mol. The highest BCUT2D eigenvalue weighted by Gasteiger charge is 2.26. The van der Waals surface area contributed by atoms with Crippen LogP contribution in [0.5, 0.6) is 23.0 Å². The summed E-state index contributed by atoms with van der Waals surface area (Å²) in [4.78, 5) is 24.3. The molecule has 0 amide bonds. The SMILES string of the molecule is O=C(O)c1ccc(OCc2ccccc2OCc2ccccc2)c(OCc2ccccc2OCc2ccccc2)c1C(=O)O. The molecule has 0 saturated heterocycles. The molecular formula is C36H30O8. The average Bonchev–Trinajstić information content (AvgIpc) is 3.05. The van der Waals surface area contributed by atoms with Crippen molar-refractivity contribution in [1.82, 2.24) is 0 Å². The molecule has 0 aromatic heterocycles. The number of carboxylic acids is 2. The fourth-order valence-electron chi connectivity index (χ4n) is 4.51. The Balaban J connectivity index is 1.38. The summed E-state index contributed by atoms with van der Waals surface area (Å²) in [5, 5.41) is 19.8. The molecule has 5 aromatic rings. The predicted molar refractivity (Wildman–Crippen MR) is 163 cm³/mol. The van der Waals surface area contributed by atoms with E-state index in [-0.39, 0.29) is 24.7 Å². The van der Waals surface area contributed by atoms with Gasteiger partial charge in [-0.05, 0) is 35.4 Å². The monoisotopic (exact) mass is 590 g/mol. The molecule has 2 N–H and O–H groups in total. The first kappa shape index (κ1) is 29.7. The van der Waals surface area contributed by atoms with Gasteiger partial charge in [-0.25, -0.2) is 9.59 Å². The van der Waals surface area contributed by atoms with E-state index < -0.39 is 23.1 Å². The van der Waals surface area contributed by atoms with Crippen molar-refractivity contribution in [2.45, 2.75) is 26.4 Å². The highest BCUT2D eigenvalue weighted by molar-refractivity contribution is 6.04. The minimum absolute atomic E-state index is 0.0174. The normalized spacial score (nSPS) is 10.5. The van der Waals surface area contributed by atoms with Gasteiger partial charge in [-0.15, -0.1) is 0 Å². The standard InChI is InChI=1S/C36H30O8/c37-35(38)29-19-20-32(43-23-27-15-7-9-17-30(27)41-21-25-11-3-1-4-12-25)34(33(29)36(39)40)44-24-28-16-8-10-18-31(28)42-22-26-13-5-2-6-14-26/h1-20H,21-24H2,(H,37,38)(H,39,40). The van der Waals surface area contributed by atoms with Gasteiger partial charge in [0.05, 0.1) is 5.56 Å². The lowest BCUT2D eigenvalue weighted by Gasteiger charge is -2.18. The van der Waals surface area contributed by atoms with Crippen molar-refractivity contribution in [2.24, 2.45) is 0 Å². The van der Waals surface area contributed by atoms with E-state index in [1.807, 2.05) is 97.1 Å². The second kappa shape index (κ2) is 14.4. The van der Waals surface area contributed by atoms with E-state index >= 15 is 0 Å². The van der Waals surface area contributed by atoms with Crippen LogP contribution in [0.15, 0.2) is 121 Å². The van der Waals surface area contributed by atoms with Gasteiger partial charge in [-0.2, -0.15) is 0 Å². The van der Waals surface area contributed by atoms with Crippen LogP contribution >= 0.6 is 0 Å². The first-order chi connectivity index (χ1) is 21.5. The van der Waals surface area contributed by atoms with Crippen molar-refractivity contribution in [2.75, 3.05) is 0 Å². The fourth-order valence-corrected chi connectivity index (χ4v) is 4.51. The van der Waals surface area contributed by atoms with Crippen LogP contribution in [0.1, 0.15) is 43.0 Å². The molecule has 8 nitrogen and oxygen atoms in total. The van der Waals surface area contributed by atoms with E-state index in [1.54, 1.807) is 12.1 Å². The molecule has 5 rings (SSSR count). The van der Waals surface area contributed by atoms with Gasteiger partial charge in [0.15, 0.2) is 11.5 Å². The van der Waals surface area contributed by atoms with Crippen LogP contribution < -0.4 is 18.9 Å². The first-order valence-corrected chi connectivity index (χ1v) is 13.9. The van der Waals surface area contributed by atoms with Gasteiger partial charge in [0.2, 0.25) is 0 Å². The van der Waals surface area contributed by atoms with Gasteiger partial charge in [0, 0.05) is 11.1 Å². The molecular weight excluding hydrogens is 560 g/mol. The lowest BCUT2D eigenvalue weighted by Crippen LogP contribution is -2.13. The minimum atomic E-state index is -1.46. The van der Waals surface area contributed by atoms with Gasteiger partial charge in [-0.1, -0.05) is 97.1 Å². The maximum Gasteiger partial charge on any atom is 0.340 e. The summed E-state index contributed by atoms with van der Waals surface area (Å²) in [5.41, 5.74) is 2.42. The third-order valence-electron chi connectivity index (χ3n) is 6.74. The van der Waals surface area contributed by atoms with E-state index in [0.717, 1.165) is 11.1 Å². The second-order valence-corrected chi connectivity index (χ2v) is 9.77. The Kier molecular flexibility index (Phi) is 9.74. The van der Waals surface area contributed by atoms with Gasteiger partial charge in [-0.3, -0.25) is 0 Å². The molecule has 0 radical (unpaired) electrons. The smallest absolute Gasteiger partial charge is 0.340 e. The quantitative estimate of drug-likeness (QED) is 0.138. The lowest BCUT2D eigenvalue weighted by molar-refractivity contribution is 0.0646. The highest BCUT2D eigenvalue weighted by Crippen LogP contribution is 2.37. The summed E-state index contributed by atoms with van der Waals surface area (Å²) in [6, 6.07) is 36.6. The van der Waals surface area contributed by atoms with E-state index in [4.69, 9.17) is 18.9 Å². The van der Waals surface area contributed by atoms with Gasteiger partial charge >= 0.3 is 11.9 Å². The number of ether oxygens (including phenoxy) is 4. The maximum absolute atomic E-state index is 12.3. The number of para-hydroxylation sites is 2. The summed E-state index contributed by atoms with van der Waals surface area (Å²) in [5.74, 6) is -1.82. The van der Waals surface area contributed by atoms with Crippen LogP contribution in [-0.4, -0.2) is 22.2 Å². The Hall–Kier alpha value is -5.76. The van der Waals surface area contributed by atoms with Crippen LogP contribution in [0.3, 0.4) is 0 Å². The third kappa shape index (κ3) is 7.54. The number of benzene rings is 5. The molecule has 0 unspecified atom stereocenters. The Morgan fingerprint density at radius 2 is 0.909 bits per heavy atom. The predicted octanol–water partition coefficient (Wildman–Crippen LogP) is 7.40. The first-order valence-electron chi connectivity index (χ1n) is 13.9. The zero-order valence-corrected chi connectivity index (χ0v) is 23.7. The highest BCUT2D eigenvalue weighted by atomic mass is 16.5. The van der Waals surface area contributed by atoms with Crippen LogP contribution in [-0.2, 0) is 26.4 Å². The number of carboxylic acid groups (broad SMARTS) is 2. The van der Waals surface area contributed by atoms with Crippen LogP contribution in [0, 0.1) is 0 Å². The molecule has 0 aliphatic carbocycles. The van der Waals surface area contributed by atoms with Crippen molar-refractivity contribution in [1.29, 1.82) is 0 Å². The second-order valence-electron chi connectivity index (χ2n) is 9.77. The topological polar surface area (TPSA) is 112 Å². The van der Waals surface area contributed by atoms with Gasteiger partial charge < -0.3 is 29.2 Å². The van der Waals surface area contributed by atoms with Crippen LogP contribution in [0.4, 0.5) is 0 Å². The fraction of sp³-hybridized carbons (Fsp3) is 0.111. The van der Waals surface area contributed by atoms with E-state index in [9.17, 15) is 19.8 Å². The van der Waals surface area contributed by atoms with E-state index in [1.165, 1.54) is 12.1 Å². The van der Waals surface area contributed by atoms with Gasteiger partial charge in [0.1, 0.15) is 43.5 Å². The van der Waals surface area contributed by atoms with Crippen molar-refractivity contribution < 1.29 is 38.7 Å². The number of carbonyl (C=O) groups is 2. The van der Waals surface area contributed by atoms with Gasteiger partial charge in [0.25, 0.3) is 0 Å².